The first kappa shape index (κ1) is 15.0. The number of para-hydroxylation sites is 1. The molecule has 6 heteroatoms. The molecule has 0 unspecified atom stereocenters. The van der Waals surface area contributed by atoms with Crippen LogP contribution in [0.5, 0.6) is 0 Å². The van der Waals surface area contributed by atoms with Crippen LogP contribution < -0.4 is 10.6 Å². The van der Waals surface area contributed by atoms with Gasteiger partial charge in [-0.15, -0.1) is 0 Å². The van der Waals surface area contributed by atoms with E-state index in [1.54, 1.807) is 12.3 Å². The Kier molecular flexibility index (Phi) is 3.92. The van der Waals surface area contributed by atoms with Gasteiger partial charge in [-0.3, -0.25) is 4.98 Å². The van der Waals surface area contributed by atoms with Gasteiger partial charge in [-0.1, -0.05) is 23.7 Å². The first-order valence-electron chi connectivity index (χ1n) is 7.20. The van der Waals surface area contributed by atoms with Gasteiger partial charge in [-0.05, 0) is 18.9 Å². The highest BCUT2D eigenvalue weighted by atomic mass is 35.5. The van der Waals surface area contributed by atoms with Gasteiger partial charge < -0.3 is 15.7 Å². The highest BCUT2D eigenvalue weighted by Gasteiger charge is 2.31. The van der Waals surface area contributed by atoms with Gasteiger partial charge in [0.1, 0.15) is 6.07 Å². The molecule has 114 valence electrons. The summed E-state index contributed by atoms with van der Waals surface area (Å²) in [5.74, 6) is 0. The molecule has 0 spiro atoms. The number of halogens is 1. The van der Waals surface area contributed by atoms with E-state index in [4.69, 9.17) is 17.3 Å². The number of aromatic nitrogens is 1. The van der Waals surface area contributed by atoms with Crippen LogP contribution in [-0.2, 0) is 0 Å². The number of piperidine rings is 1. The van der Waals surface area contributed by atoms with Crippen LogP contribution in [0.4, 0.5) is 5.69 Å². The molecule has 3 rings (SSSR count). The molecule has 1 aliphatic rings. The van der Waals surface area contributed by atoms with Gasteiger partial charge >= 0.3 is 0 Å². The molecule has 0 amide bonds. The second-order valence-electron chi connectivity index (χ2n) is 5.78. The maximum absolute atomic E-state index is 9.41. The van der Waals surface area contributed by atoms with Crippen LogP contribution in [0.1, 0.15) is 18.4 Å². The third kappa shape index (κ3) is 2.50. The minimum Gasteiger partial charge on any atom is -0.394 e. The second kappa shape index (κ2) is 5.73. The lowest BCUT2D eigenvalue weighted by Gasteiger charge is -2.39. The van der Waals surface area contributed by atoms with Gasteiger partial charge in [0, 0.05) is 30.2 Å². The Bertz CT molecular complexity index is 748. The third-order valence-corrected chi connectivity index (χ3v) is 4.64. The summed E-state index contributed by atoms with van der Waals surface area (Å²) in [6.45, 7) is 1.36. The predicted molar refractivity (Wildman–Crippen MR) is 86.9 cm³/mol. The zero-order chi connectivity index (χ0) is 15.7. The second-order valence-corrected chi connectivity index (χ2v) is 6.18. The Hall–Kier alpha value is -1.87. The molecule has 22 heavy (non-hydrogen) atoms. The minimum atomic E-state index is -0.524. The number of rotatable bonds is 2. The fourth-order valence-electron chi connectivity index (χ4n) is 2.93. The molecule has 0 saturated carbocycles. The average Bonchev–Trinajstić information content (AvgIpc) is 2.55. The summed E-state index contributed by atoms with van der Waals surface area (Å²) in [5, 5.41) is 20.3. The number of hydrogen-bond donors (Lipinski definition) is 2. The zero-order valence-corrected chi connectivity index (χ0v) is 12.8. The van der Waals surface area contributed by atoms with Crippen LogP contribution in [0.15, 0.2) is 24.4 Å². The number of pyridine rings is 1. The number of aliphatic hydroxyl groups is 1. The molecule has 0 atom stereocenters. The summed E-state index contributed by atoms with van der Waals surface area (Å²) in [5.41, 5.74) is 7.69. The summed E-state index contributed by atoms with van der Waals surface area (Å²) in [6.07, 6.45) is 2.93. The van der Waals surface area contributed by atoms with Crippen LogP contribution in [0.2, 0.25) is 5.02 Å². The Balaban J connectivity index is 2.07. The third-order valence-electron chi connectivity index (χ3n) is 4.33. The van der Waals surface area contributed by atoms with Crippen molar-refractivity contribution in [2.24, 2.45) is 5.73 Å². The number of nitrogens with two attached hydrogens (primary N) is 1. The molecule has 1 aromatic carbocycles. The Labute approximate surface area is 133 Å². The van der Waals surface area contributed by atoms with Gasteiger partial charge in [0.05, 0.1) is 28.4 Å². The first-order valence-corrected chi connectivity index (χ1v) is 7.58. The monoisotopic (exact) mass is 316 g/mol. The molecule has 5 nitrogen and oxygen atoms in total. The zero-order valence-electron chi connectivity index (χ0n) is 12.1. The predicted octanol–water partition coefficient (Wildman–Crippen LogP) is 2.05. The first-order chi connectivity index (χ1) is 10.6. The Morgan fingerprint density at radius 2 is 2.14 bits per heavy atom. The number of hydrogen-bond acceptors (Lipinski definition) is 5. The van der Waals surface area contributed by atoms with E-state index < -0.39 is 5.54 Å². The lowest BCUT2D eigenvalue weighted by atomic mass is 9.89. The minimum absolute atomic E-state index is 0.0190. The topological polar surface area (TPSA) is 86.2 Å². The molecular weight excluding hydrogens is 300 g/mol. The molecular formula is C16H17ClN4O. The van der Waals surface area contributed by atoms with E-state index in [-0.39, 0.29) is 6.61 Å². The number of benzene rings is 1. The van der Waals surface area contributed by atoms with E-state index >= 15 is 0 Å². The van der Waals surface area contributed by atoms with Crippen molar-refractivity contribution < 1.29 is 5.11 Å². The molecule has 1 aromatic heterocycles. The molecule has 3 N–H and O–H groups in total. The van der Waals surface area contributed by atoms with E-state index in [1.165, 1.54) is 0 Å². The molecule has 2 aromatic rings. The number of nitrogens with zero attached hydrogens (tertiary/aromatic N) is 3. The van der Waals surface area contributed by atoms with E-state index in [1.807, 2.05) is 12.1 Å². The Morgan fingerprint density at radius 3 is 2.77 bits per heavy atom. The van der Waals surface area contributed by atoms with E-state index in [9.17, 15) is 10.4 Å². The van der Waals surface area contributed by atoms with Crippen molar-refractivity contribution >= 4 is 28.2 Å². The normalized spacial score (nSPS) is 17.5. The van der Waals surface area contributed by atoms with Crippen LogP contribution in [0, 0.1) is 11.3 Å². The van der Waals surface area contributed by atoms with Gasteiger partial charge in [0.2, 0.25) is 0 Å². The van der Waals surface area contributed by atoms with Crippen LogP contribution in [0.3, 0.4) is 0 Å². The highest BCUT2D eigenvalue weighted by molar-refractivity contribution is 6.35. The molecule has 2 heterocycles. The summed E-state index contributed by atoms with van der Waals surface area (Å²) in [6, 6.07) is 7.80. The smallest absolute Gasteiger partial charge is 0.103 e. The van der Waals surface area contributed by atoms with Gasteiger partial charge in [-0.2, -0.15) is 5.26 Å². The van der Waals surface area contributed by atoms with Crippen LogP contribution in [-0.4, -0.2) is 35.3 Å². The largest absolute Gasteiger partial charge is 0.394 e. The van der Waals surface area contributed by atoms with Crippen molar-refractivity contribution in [3.63, 3.8) is 0 Å². The van der Waals surface area contributed by atoms with Crippen molar-refractivity contribution in [3.05, 3.63) is 35.0 Å². The molecule has 0 radical (unpaired) electrons. The number of aliphatic hydroxyl groups excluding tert-OH is 1. The average molecular weight is 317 g/mol. The Morgan fingerprint density at radius 1 is 1.41 bits per heavy atom. The lowest BCUT2D eigenvalue weighted by Crippen LogP contribution is -2.53. The quantitative estimate of drug-likeness (QED) is 0.885. The maximum Gasteiger partial charge on any atom is 0.103 e. The van der Waals surface area contributed by atoms with Crippen molar-refractivity contribution in [2.75, 3.05) is 24.6 Å². The molecule has 1 aliphatic heterocycles. The van der Waals surface area contributed by atoms with Gasteiger partial charge in [0.25, 0.3) is 0 Å². The fraction of sp³-hybridized carbons (Fsp3) is 0.375. The molecule has 1 saturated heterocycles. The molecule has 1 fully saturated rings. The number of nitriles is 1. The SMILES string of the molecule is N#Cc1cnc2c(Cl)cccc2c1N1CCC(N)(CO)CC1. The van der Waals surface area contributed by atoms with E-state index in [0.29, 0.717) is 42.0 Å². The van der Waals surface area contributed by atoms with Crippen molar-refractivity contribution in [2.45, 2.75) is 18.4 Å². The summed E-state index contributed by atoms with van der Waals surface area (Å²) in [7, 11) is 0. The van der Waals surface area contributed by atoms with E-state index in [2.05, 4.69) is 16.0 Å². The highest BCUT2D eigenvalue weighted by Crippen LogP contribution is 2.35. The van der Waals surface area contributed by atoms with E-state index in [0.717, 1.165) is 11.1 Å². The fourth-order valence-corrected chi connectivity index (χ4v) is 3.15. The van der Waals surface area contributed by atoms with Gasteiger partial charge in [-0.25, -0.2) is 0 Å². The summed E-state index contributed by atoms with van der Waals surface area (Å²) < 4.78 is 0. The van der Waals surface area contributed by atoms with Crippen LogP contribution >= 0.6 is 11.6 Å². The standard InChI is InChI=1S/C16H17ClN4O/c17-13-3-1-2-12-14(13)20-9-11(8-18)15(12)21-6-4-16(19,10-22)5-7-21/h1-3,9,22H,4-7,10,19H2. The van der Waals surface area contributed by atoms with Crippen molar-refractivity contribution in [1.29, 1.82) is 5.26 Å². The summed E-state index contributed by atoms with van der Waals surface area (Å²) >= 11 is 6.21. The van der Waals surface area contributed by atoms with Crippen molar-refractivity contribution in [1.82, 2.24) is 4.98 Å². The van der Waals surface area contributed by atoms with Gasteiger partial charge in [0.15, 0.2) is 0 Å². The molecule has 0 aliphatic carbocycles. The lowest BCUT2D eigenvalue weighted by molar-refractivity contribution is 0.170. The molecule has 0 bridgehead atoms. The summed E-state index contributed by atoms with van der Waals surface area (Å²) in [4.78, 5) is 6.44. The van der Waals surface area contributed by atoms with Crippen molar-refractivity contribution in [3.8, 4) is 6.07 Å². The number of fused-ring (bicyclic) bond motifs is 1. The number of anilines is 1. The van der Waals surface area contributed by atoms with Crippen LogP contribution in [0.25, 0.3) is 10.9 Å². The maximum atomic E-state index is 9.41.